The Balaban J connectivity index is 0.00000220. The van der Waals surface area contributed by atoms with Crippen molar-refractivity contribution in [1.29, 1.82) is 0 Å². The minimum atomic E-state index is -0.159. The highest BCUT2D eigenvalue weighted by atomic mass is 35.5. The van der Waals surface area contributed by atoms with Crippen molar-refractivity contribution in [2.45, 2.75) is 25.3 Å². The highest BCUT2D eigenvalue weighted by Gasteiger charge is 2.26. The van der Waals surface area contributed by atoms with Gasteiger partial charge in [0.25, 0.3) is 0 Å². The van der Waals surface area contributed by atoms with Gasteiger partial charge in [0, 0.05) is 25.6 Å². The van der Waals surface area contributed by atoms with Crippen LogP contribution in [0.1, 0.15) is 18.4 Å². The predicted molar refractivity (Wildman–Crippen MR) is 84.2 cm³/mol. The Morgan fingerprint density at radius 1 is 1.29 bits per heavy atom. The van der Waals surface area contributed by atoms with Crippen LogP contribution in [0.4, 0.5) is 0 Å². The Morgan fingerprint density at radius 2 is 2.00 bits per heavy atom. The van der Waals surface area contributed by atoms with E-state index in [0.717, 1.165) is 12.8 Å². The molecule has 3 N–H and O–H groups in total. The van der Waals surface area contributed by atoms with E-state index in [1.165, 1.54) is 5.56 Å². The molecule has 2 rings (SSSR count). The lowest BCUT2D eigenvalue weighted by Crippen LogP contribution is -2.41. The maximum atomic E-state index is 12.1. The number of likely N-dealkylation sites (tertiary alicyclic amines) is 1. The number of rotatable bonds is 5. The summed E-state index contributed by atoms with van der Waals surface area (Å²) < 4.78 is 0. The first-order valence-corrected chi connectivity index (χ1v) is 7.00. The highest BCUT2D eigenvalue weighted by Crippen LogP contribution is 2.12. The lowest BCUT2D eigenvalue weighted by atomic mass is 10.1. The molecule has 1 heterocycles. The average Bonchev–Trinajstić information content (AvgIpc) is 2.94. The summed E-state index contributed by atoms with van der Waals surface area (Å²) in [5, 5.41) is 2.83. The third kappa shape index (κ3) is 5.36. The number of nitrogens with zero attached hydrogens (tertiary/aromatic N) is 1. The fraction of sp³-hybridized carbons (Fsp3) is 0.467. The monoisotopic (exact) mass is 311 g/mol. The van der Waals surface area contributed by atoms with Crippen LogP contribution in [0.2, 0.25) is 0 Å². The SMILES string of the molecule is Cl.NCC(=O)NC1CCN(C(=O)CCc2ccccc2)C1. The van der Waals surface area contributed by atoms with Crippen LogP contribution < -0.4 is 11.1 Å². The summed E-state index contributed by atoms with van der Waals surface area (Å²) in [6.07, 6.45) is 2.08. The van der Waals surface area contributed by atoms with Crippen LogP contribution in [0.15, 0.2) is 30.3 Å². The summed E-state index contributed by atoms with van der Waals surface area (Å²) in [4.78, 5) is 25.1. The lowest BCUT2D eigenvalue weighted by molar-refractivity contribution is -0.130. The second kappa shape index (κ2) is 8.64. The third-order valence-electron chi connectivity index (χ3n) is 3.56. The Hall–Kier alpha value is -1.59. The van der Waals surface area contributed by atoms with E-state index in [4.69, 9.17) is 5.73 Å². The number of benzene rings is 1. The molecule has 21 heavy (non-hydrogen) atoms. The van der Waals surface area contributed by atoms with E-state index < -0.39 is 0 Å². The van der Waals surface area contributed by atoms with Crippen molar-refractivity contribution in [1.82, 2.24) is 10.2 Å². The summed E-state index contributed by atoms with van der Waals surface area (Å²) in [6.45, 7) is 1.31. The van der Waals surface area contributed by atoms with Crippen LogP contribution >= 0.6 is 12.4 Å². The van der Waals surface area contributed by atoms with Gasteiger partial charge in [0.15, 0.2) is 0 Å². The molecule has 0 radical (unpaired) electrons. The smallest absolute Gasteiger partial charge is 0.234 e. The number of halogens is 1. The Labute approximate surface area is 131 Å². The molecule has 1 saturated heterocycles. The summed E-state index contributed by atoms with van der Waals surface area (Å²) >= 11 is 0. The molecule has 0 aliphatic carbocycles. The zero-order valence-electron chi connectivity index (χ0n) is 12.0. The molecule has 0 saturated carbocycles. The largest absolute Gasteiger partial charge is 0.350 e. The van der Waals surface area contributed by atoms with Crippen molar-refractivity contribution in [2.75, 3.05) is 19.6 Å². The Morgan fingerprint density at radius 3 is 2.67 bits per heavy atom. The number of nitrogens with two attached hydrogens (primary N) is 1. The number of aryl methyl sites for hydroxylation is 1. The molecular formula is C15H22ClN3O2. The van der Waals surface area contributed by atoms with Crippen LogP contribution in [0.5, 0.6) is 0 Å². The number of nitrogens with one attached hydrogen (secondary N) is 1. The van der Waals surface area contributed by atoms with E-state index in [1.54, 1.807) is 0 Å². The normalized spacial score (nSPS) is 17.2. The van der Waals surface area contributed by atoms with E-state index in [9.17, 15) is 9.59 Å². The average molecular weight is 312 g/mol. The van der Waals surface area contributed by atoms with Crippen molar-refractivity contribution < 1.29 is 9.59 Å². The van der Waals surface area contributed by atoms with Gasteiger partial charge in [-0.3, -0.25) is 9.59 Å². The van der Waals surface area contributed by atoms with Gasteiger partial charge < -0.3 is 16.0 Å². The van der Waals surface area contributed by atoms with E-state index >= 15 is 0 Å². The first-order chi connectivity index (χ1) is 9.69. The fourth-order valence-corrected chi connectivity index (χ4v) is 2.45. The van der Waals surface area contributed by atoms with Gasteiger partial charge in [0.2, 0.25) is 11.8 Å². The zero-order valence-corrected chi connectivity index (χ0v) is 12.8. The van der Waals surface area contributed by atoms with Crippen LogP contribution in [0.3, 0.4) is 0 Å². The first-order valence-electron chi connectivity index (χ1n) is 7.00. The van der Waals surface area contributed by atoms with Crippen molar-refractivity contribution in [3.05, 3.63) is 35.9 Å². The molecule has 1 aromatic rings. The third-order valence-corrected chi connectivity index (χ3v) is 3.56. The van der Waals surface area contributed by atoms with Crippen molar-refractivity contribution >= 4 is 24.2 Å². The molecule has 1 aliphatic rings. The molecule has 2 amide bonds. The van der Waals surface area contributed by atoms with Crippen molar-refractivity contribution in [2.24, 2.45) is 5.73 Å². The van der Waals surface area contributed by atoms with Gasteiger partial charge in [0.1, 0.15) is 0 Å². The fourth-order valence-electron chi connectivity index (χ4n) is 2.45. The van der Waals surface area contributed by atoms with Gasteiger partial charge in [-0.05, 0) is 18.4 Å². The summed E-state index contributed by atoms with van der Waals surface area (Å²) in [7, 11) is 0. The maximum absolute atomic E-state index is 12.1. The molecule has 0 bridgehead atoms. The van der Waals surface area contributed by atoms with Crippen LogP contribution in [0.25, 0.3) is 0 Å². The second-order valence-electron chi connectivity index (χ2n) is 5.08. The Kier molecular flexibility index (Phi) is 7.19. The molecule has 1 aliphatic heterocycles. The van der Waals surface area contributed by atoms with Gasteiger partial charge in [0.05, 0.1) is 6.54 Å². The van der Waals surface area contributed by atoms with Gasteiger partial charge >= 0.3 is 0 Å². The molecule has 1 atom stereocenters. The van der Waals surface area contributed by atoms with Gasteiger partial charge in [-0.15, -0.1) is 12.4 Å². The maximum Gasteiger partial charge on any atom is 0.234 e. The molecule has 0 spiro atoms. The number of carbonyl (C=O) groups is 2. The molecular weight excluding hydrogens is 290 g/mol. The molecule has 6 heteroatoms. The number of amides is 2. The minimum Gasteiger partial charge on any atom is -0.350 e. The Bertz CT molecular complexity index is 467. The molecule has 1 aromatic carbocycles. The summed E-state index contributed by atoms with van der Waals surface area (Å²) in [5.74, 6) is -0.00747. The van der Waals surface area contributed by atoms with Gasteiger partial charge in [-0.2, -0.15) is 0 Å². The molecule has 116 valence electrons. The number of hydrogen-bond acceptors (Lipinski definition) is 3. The lowest BCUT2D eigenvalue weighted by Gasteiger charge is -2.17. The molecule has 5 nitrogen and oxygen atoms in total. The summed E-state index contributed by atoms with van der Waals surface area (Å²) in [5.41, 5.74) is 6.44. The van der Waals surface area contributed by atoms with Crippen LogP contribution in [-0.2, 0) is 16.0 Å². The molecule has 1 fully saturated rings. The first kappa shape index (κ1) is 17.5. The minimum absolute atomic E-state index is 0. The summed E-state index contributed by atoms with van der Waals surface area (Å²) in [6, 6.07) is 10.0. The van der Waals surface area contributed by atoms with Gasteiger partial charge in [-0.25, -0.2) is 0 Å². The quantitative estimate of drug-likeness (QED) is 0.841. The predicted octanol–water partition coefficient (Wildman–Crippen LogP) is 0.717. The topological polar surface area (TPSA) is 75.4 Å². The highest BCUT2D eigenvalue weighted by molar-refractivity contribution is 5.85. The molecule has 0 aromatic heterocycles. The zero-order chi connectivity index (χ0) is 14.4. The van der Waals surface area contributed by atoms with Gasteiger partial charge in [-0.1, -0.05) is 30.3 Å². The second-order valence-corrected chi connectivity index (χ2v) is 5.08. The van der Waals surface area contributed by atoms with E-state index in [1.807, 2.05) is 35.2 Å². The number of hydrogen-bond donors (Lipinski definition) is 2. The van der Waals surface area contributed by atoms with Crippen LogP contribution in [-0.4, -0.2) is 42.4 Å². The standard InChI is InChI=1S/C15H21N3O2.ClH/c16-10-14(19)17-13-8-9-18(11-13)15(20)7-6-12-4-2-1-3-5-12;/h1-5,13H,6-11,16H2,(H,17,19);1H. The molecule has 1 unspecified atom stereocenters. The van der Waals surface area contributed by atoms with E-state index in [0.29, 0.717) is 19.5 Å². The van der Waals surface area contributed by atoms with Crippen LogP contribution in [0, 0.1) is 0 Å². The number of carbonyl (C=O) groups excluding carboxylic acids is 2. The van der Waals surface area contributed by atoms with E-state index in [2.05, 4.69) is 5.32 Å². The van der Waals surface area contributed by atoms with Crippen molar-refractivity contribution in [3.63, 3.8) is 0 Å². The van der Waals surface area contributed by atoms with Crippen molar-refractivity contribution in [3.8, 4) is 0 Å². The van der Waals surface area contributed by atoms with E-state index in [-0.39, 0.29) is 36.8 Å².